The molecule has 0 bridgehead atoms. The van der Waals surface area contributed by atoms with Gasteiger partial charge in [0.25, 0.3) is 5.91 Å². The number of ether oxygens (including phenoxy) is 1. The summed E-state index contributed by atoms with van der Waals surface area (Å²) in [4.78, 5) is 33.8. The molecule has 2 heterocycles. The zero-order chi connectivity index (χ0) is 13.8. The predicted molar refractivity (Wildman–Crippen MR) is 65.1 cm³/mol. The van der Waals surface area contributed by atoms with Crippen molar-refractivity contribution in [1.82, 2.24) is 15.0 Å². The van der Waals surface area contributed by atoms with Crippen LogP contribution in [-0.2, 0) is 4.79 Å². The summed E-state index contributed by atoms with van der Waals surface area (Å²) in [5.41, 5.74) is 6.35. The first-order valence-electron chi connectivity index (χ1n) is 5.31. The van der Waals surface area contributed by atoms with E-state index in [0.717, 1.165) is 0 Å². The Kier molecular flexibility index (Phi) is 3.46. The molecule has 2 aromatic heterocycles. The number of nitrogens with zero attached hydrogens (tertiary/aromatic N) is 3. The van der Waals surface area contributed by atoms with Crippen LogP contribution in [0.1, 0.15) is 17.4 Å². The van der Waals surface area contributed by atoms with Crippen molar-refractivity contribution < 1.29 is 14.3 Å². The number of amides is 1. The minimum absolute atomic E-state index is 0.0151. The van der Waals surface area contributed by atoms with Crippen LogP contribution in [-0.4, -0.2) is 26.8 Å². The average molecular weight is 258 g/mol. The van der Waals surface area contributed by atoms with Crippen LogP contribution in [0.5, 0.6) is 5.75 Å². The van der Waals surface area contributed by atoms with Gasteiger partial charge in [-0.3, -0.25) is 9.59 Å². The molecule has 7 heteroatoms. The summed E-state index contributed by atoms with van der Waals surface area (Å²) in [5, 5.41) is 0. The first kappa shape index (κ1) is 12.6. The molecule has 0 unspecified atom stereocenters. The number of nitrogens with two attached hydrogens (primary N) is 1. The van der Waals surface area contributed by atoms with Crippen LogP contribution >= 0.6 is 0 Å². The Morgan fingerprint density at radius 1 is 1.16 bits per heavy atom. The molecule has 19 heavy (non-hydrogen) atoms. The molecule has 0 fully saturated rings. The summed E-state index contributed by atoms with van der Waals surface area (Å²) in [6, 6.07) is 1.49. The minimum atomic E-state index is -0.771. The van der Waals surface area contributed by atoms with Gasteiger partial charge in [0.2, 0.25) is 0 Å². The van der Waals surface area contributed by atoms with Crippen molar-refractivity contribution in [2.75, 3.05) is 0 Å². The lowest BCUT2D eigenvalue weighted by atomic mass is 10.1. The highest BCUT2D eigenvalue weighted by atomic mass is 16.5. The summed E-state index contributed by atoms with van der Waals surface area (Å²) in [7, 11) is 0. The smallest absolute Gasteiger partial charge is 0.308 e. The van der Waals surface area contributed by atoms with Crippen LogP contribution in [0, 0.1) is 0 Å². The highest BCUT2D eigenvalue weighted by Crippen LogP contribution is 2.24. The standard InChI is InChI=1S/C12H10N4O3/c1-7(17)19-10-2-8(5-16-11(10)12(13)18)9-3-14-6-15-4-9/h2-6H,1H3,(H2,13,18). The second-order valence-corrected chi connectivity index (χ2v) is 3.66. The molecular formula is C12H10N4O3. The molecule has 0 radical (unpaired) electrons. The van der Waals surface area contributed by atoms with Gasteiger partial charge in [-0.2, -0.15) is 0 Å². The van der Waals surface area contributed by atoms with Crippen LogP contribution in [0.2, 0.25) is 0 Å². The molecule has 0 aliphatic heterocycles. The number of rotatable bonds is 3. The van der Waals surface area contributed by atoms with Crippen LogP contribution in [0.4, 0.5) is 0 Å². The van der Waals surface area contributed by atoms with Gasteiger partial charge in [0.1, 0.15) is 6.33 Å². The first-order valence-corrected chi connectivity index (χ1v) is 5.31. The van der Waals surface area contributed by atoms with Crippen molar-refractivity contribution in [3.63, 3.8) is 0 Å². The van der Waals surface area contributed by atoms with E-state index in [1.807, 2.05) is 0 Å². The molecule has 1 amide bonds. The van der Waals surface area contributed by atoms with Gasteiger partial charge in [0.15, 0.2) is 11.4 Å². The Morgan fingerprint density at radius 3 is 2.42 bits per heavy atom. The van der Waals surface area contributed by atoms with Crippen molar-refractivity contribution in [2.24, 2.45) is 5.73 Å². The molecule has 0 atom stereocenters. The molecule has 0 saturated carbocycles. The Morgan fingerprint density at radius 2 is 1.84 bits per heavy atom. The third kappa shape index (κ3) is 2.89. The lowest BCUT2D eigenvalue weighted by Crippen LogP contribution is -2.16. The van der Waals surface area contributed by atoms with Gasteiger partial charge in [-0.1, -0.05) is 0 Å². The maximum atomic E-state index is 11.2. The lowest BCUT2D eigenvalue weighted by molar-refractivity contribution is -0.131. The number of aromatic nitrogens is 3. The molecule has 2 aromatic rings. The molecule has 7 nitrogen and oxygen atoms in total. The second kappa shape index (κ2) is 5.21. The van der Waals surface area contributed by atoms with Gasteiger partial charge in [-0.05, 0) is 6.07 Å². The van der Waals surface area contributed by atoms with Gasteiger partial charge in [-0.15, -0.1) is 0 Å². The van der Waals surface area contributed by atoms with Crippen molar-refractivity contribution in [3.8, 4) is 16.9 Å². The third-order valence-corrected chi connectivity index (χ3v) is 2.23. The fourth-order valence-corrected chi connectivity index (χ4v) is 1.47. The highest BCUT2D eigenvalue weighted by molar-refractivity contribution is 5.94. The normalized spacial score (nSPS) is 9.95. The number of hydrogen-bond acceptors (Lipinski definition) is 6. The van der Waals surface area contributed by atoms with E-state index in [0.29, 0.717) is 11.1 Å². The predicted octanol–water partition coefficient (Wildman–Crippen LogP) is 0.563. The highest BCUT2D eigenvalue weighted by Gasteiger charge is 2.14. The van der Waals surface area contributed by atoms with Gasteiger partial charge in [0, 0.05) is 36.6 Å². The zero-order valence-electron chi connectivity index (χ0n) is 10.0. The quantitative estimate of drug-likeness (QED) is 0.806. The molecule has 0 saturated heterocycles. The van der Waals surface area contributed by atoms with Crippen molar-refractivity contribution in [2.45, 2.75) is 6.92 Å². The van der Waals surface area contributed by atoms with E-state index in [-0.39, 0.29) is 11.4 Å². The lowest BCUT2D eigenvalue weighted by Gasteiger charge is -2.07. The summed E-state index contributed by atoms with van der Waals surface area (Å²) in [6.45, 7) is 1.23. The van der Waals surface area contributed by atoms with E-state index in [9.17, 15) is 9.59 Å². The summed E-state index contributed by atoms with van der Waals surface area (Å²) in [6.07, 6.45) is 5.98. The number of carbonyl (C=O) groups excluding carboxylic acids is 2. The molecule has 0 aliphatic carbocycles. The van der Waals surface area contributed by atoms with Gasteiger partial charge in [-0.25, -0.2) is 15.0 Å². The van der Waals surface area contributed by atoms with E-state index >= 15 is 0 Å². The SMILES string of the molecule is CC(=O)Oc1cc(-c2cncnc2)cnc1C(N)=O. The van der Waals surface area contributed by atoms with Gasteiger partial charge < -0.3 is 10.5 Å². The Hall–Kier alpha value is -2.83. The zero-order valence-corrected chi connectivity index (χ0v) is 10.0. The molecule has 0 aliphatic rings. The van der Waals surface area contributed by atoms with Crippen LogP contribution in [0.15, 0.2) is 31.0 Å². The summed E-state index contributed by atoms with van der Waals surface area (Å²) >= 11 is 0. The van der Waals surface area contributed by atoms with E-state index in [2.05, 4.69) is 15.0 Å². The van der Waals surface area contributed by atoms with E-state index < -0.39 is 11.9 Å². The largest absolute Gasteiger partial charge is 0.424 e. The van der Waals surface area contributed by atoms with Crippen molar-refractivity contribution in [1.29, 1.82) is 0 Å². The number of primary amides is 1. The van der Waals surface area contributed by atoms with E-state index in [1.54, 1.807) is 12.4 Å². The fourth-order valence-electron chi connectivity index (χ4n) is 1.47. The van der Waals surface area contributed by atoms with Gasteiger partial charge >= 0.3 is 5.97 Å². The Labute approximate surface area is 108 Å². The average Bonchev–Trinajstić information content (AvgIpc) is 2.38. The summed E-state index contributed by atoms with van der Waals surface area (Å²) in [5.74, 6) is -1.32. The van der Waals surface area contributed by atoms with Crippen LogP contribution in [0.25, 0.3) is 11.1 Å². The van der Waals surface area contributed by atoms with Crippen LogP contribution < -0.4 is 10.5 Å². The third-order valence-electron chi connectivity index (χ3n) is 2.23. The number of esters is 1. The molecule has 2 rings (SSSR count). The van der Waals surface area contributed by atoms with E-state index in [4.69, 9.17) is 10.5 Å². The Bertz CT molecular complexity index is 628. The van der Waals surface area contributed by atoms with E-state index in [1.165, 1.54) is 25.5 Å². The van der Waals surface area contributed by atoms with Crippen molar-refractivity contribution in [3.05, 3.63) is 36.7 Å². The second-order valence-electron chi connectivity index (χ2n) is 3.66. The van der Waals surface area contributed by atoms with Crippen LogP contribution in [0.3, 0.4) is 0 Å². The minimum Gasteiger partial charge on any atom is -0.424 e. The maximum absolute atomic E-state index is 11.2. The first-order chi connectivity index (χ1) is 9.08. The molecule has 0 aromatic carbocycles. The Balaban J connectivity index is 2.49. The topological polar surface area (TPSA) is 108 Å². The molecule has 0 spiro atoms. The summed E-state index contributed by atoms with van der Waals surface area (Å²) < 4.78 is 4.93. The monoisotopic (exact) mass is 258 g/mol. The number of carbonyl (C=O) groups is 2. The van der Waals surface area contributed by atoms with Gasteiger partial charge in [0.05, 0.1) is 0 Å². The van der Waals surface area contributed by atoms with Crippen molar-refractivity contribution >= 4 is 11.9 Å². The maximum Gasteiger partial charge on any atom is 0.308 e. The number of hydrogen-bond donors (Lipinski definition) is 1. The molecule has 2 N–H and O–H groups in total. The molecular weight excluding hydrogens is 248 g/mol. The number of pyridine rings is 1. The molecule has 96 valence electrons. The fraction of sp³-hybridized carbons (Fsp3) is 0.0833.